The fourth-order valence-electron chi connectivity index (χ4n) is 1.88. The molecule has 5 N–H and O–H groups in total. The van der Waals surface area contributed by atoms with Gasteiger partial charge < -0.3 is 39.7 Å². The Bertz CT molecular complexity index is 265. The van der Waals surface area contributed by atoms with Gasteiger partial charge in [0.1, 0.15) is 43.2 Å². The molecule has 7 atom stereocenters. The zero-order chi connectivity index (χ0) is 13.3. The first-order valence-corrected chi connectivity index (χ1v) is 5.63. The van der Waals surface area contributed by atoms with Crippen LogP contribution in [0.4, 0.5) is 0 Å². The van der Waals surface area contributed by atoms with Gasteiger partial charge >= 0.3 is 0 Å². The number of aliphatic hydroxyl groups excluding tert-OH is 5. The monoisotopic (exact) mass is 265 g/mol. The highest BCUT2D eigenvalue weighted by Crippen LogP contribution is 2.23. The molecule has 8 heteroatoms. The molecule has 2 aliphatic rings. The number of aliphatic hydroxyl groups is 5. The Morgan fingerprint density at radius 1 is 0.944 bits per heavy atom. The minimum absolute atomic E-state index is 0.0459. The first kappa shape index (κ1) is 14.1. The molecule has 0 aromatic carbocycles. The molecule has 1 radical (unpaired) electrons. The molecule has 2 aliphatic heterocycles. The summed E-state index contributed by atoms with van der Waals surface area (Å²) in [6.07, 6.45) is -8.57. The summed E-state index contributed by atoms with van der Waals surface area (Å²) in [5, 5.41) is 47.5. The number of hydrogen-bond acceptors (Lipinski definition) is 8. The minimum Gasteiger partial charge on any atom is -0.388 e. The average Bonchev–Trinajstić information content (AvgIpc) is 2.34. The van der Waals surface area contributed by atoms with E-state index in [4.69, 9.17) is 14.2 Å². The molecule has 0 amide bonds. The molecule has 2 unspecified atom stereocenters. The Balaban J connectivity index is 1.95. The van der Waals surface area contributed by atoms with E-state index in [1.54, 1.807) is 0 Å². The van der Waals surface area contributed by atoms with Crippen molar-refractivity contribution in [2.45, 2.75) is 42.9 Å². The molecular formula is C10H17O8. The van der Waals surface area contributed by atoms with Gasteiger partial charge in [0.25, 0.3) is 0 Å². The SMILES string of the molecule is OC1[CH]OC[C@H](O)C1O[C@@H]1OC[C@@H](O)[C@H](O)[C@H]1O. The summed E-state index contributed by atoms with van der Waals surface area (Å²) >= 11 is 0. The zero-order valence-corrected chi connectivity index (χ0v) is 9.49. The molecule has 0 aromatic heterocycles. The van der Waals surface area contributed by atoms with E-state index >= 15 is 0 Å². The van der Waals surface area contributed by atoms with Gasteiger partial charge in [-0.1, -0.05) is 0 Å². The highest BCUT2D eigenvalue weighted by molar-refractivity contribution is 4.90. The van der Waals surface area contributed by atoms with E-state index in [1.165, 1.54) is 0 Å². The number of rotatable bonds is 2. The lowest BCUT2D eigenvalue weighted by molar-refractivity contribution is -0.304. The van der Waals surface area contributed by atoms with Crippen molar-refractivity contribution in [3.63, 3.8) is 0 Å². The third kappa shape index (κ3) is 2.81. The van der Waals surface area contributed by atoms with Crippen LogP contribution in [0.3, 0.4) is 0 Å². The molecule has 0 aliphatic carbocycles. The van der Waals surface area contributed by atoms with Crippen LogP contribution in [0, 0.1) is 6.61 Å². The second-order valence-electron chi connectivity index (χ2n) is 4.38. The Hall–Kier alpha value is -0.320. The van der Waals surface area contributed by atoms with E-state index < -0.39 is 42.9 Å². The third-order valence-electron chi connectivity index (χ3n) is 2.96. The quantitative estimate of drug-likeness (QED) is 0.351. The fourth-order valence-corrected chi connectivity index (χ4v) is 1.88. The van der Waals surface area contributed by atoms with Crippen LogP contribution in [0.25, 0.3) is 0 Å². The van der Waals surface area contributed by atoms with E-state index in [1.807, 2.05) is 0 Å². The second-order valence-corrected chi connectivity index (χ2v) is 4.38. The zero-order valence-electron chi connectivity index (χ0n) is 9.49. The van der Waals surface area contributed by atoms with Crippen LogP contribution >= 0.6 is 0 Å². The smallest absolute Gasteiger partial charge is 0.186 e. The maximum atomic E-state index is 9.65. The van der Waals surface area contributed by atoms with Gasteiger partial charge in [-0.05, 0) is 0 Å². The fraction of sp³-hybridized carbons (Fsp3) is 0.900. The molecular weight excluding hydrogens is 248 g/mol. The molecule has 0 saturated carbocycles. The summed E-state index contributed by atoms with van der Waals surface area (Å²) < 4.78 is 15.0. The standard InChI is InChI=1S/C10H17O8/c11-4-3-17-10(8(15)7(4)14)18-9-5(12)1-16-2-6(9)13/h1,4-15H,2-3H2/t4-,5?,6+,7+,8-,9?,10+/m1/s1. The van der Waals surface area contributed by atoms with Gasteiger partial charge in [0.2, 0.25) is 0 Å². The van der Waals surface area contributed by atoms with Crippen molar-refractivity contribution in [3.8, 4) is 0 Å². The highest BCUT2D eigenvalue weighted by atomic mass is 16.7. The van der Waals surface area contributed by atoms with Crippen molar-refractivity contribution in [2.75, 3.05) is 13.2 Å². The average molecular weight is 265 g/mol. The first-order chi connectivity index (χ1) is 8.50. The summed E-state index contributed by atoms with van der Waals surface area (Å²) in [5.41, 5.74) is 0. The van der Waals surface area contributed by atoms with Crippen molar-refractivity contribution < 1.29 is 39.7 Å². The molecule has 2 heterocycles. The predicted octanol–water partition coefficient (Wildman–Crippen LogP) is -3.28. The third-order valence-corrected chi connectivity index (χ3v) is 2.96. The molecule has 0 bridgehead atoms. The largest absolute Gasteiger partial charge is 0.388 e. The molecule has 105 valence electrons. The van der Waals surface area contributed by atoms with Crippen LogP contribution in [0.5, 0.6) is 0 Å². The maximum Gasteiger partial charge on any atom is 0.186 e. The van der Waals surface area contributed by atoms with Gasteiger partial charge in [-0.25, -0.2) is 0 Å². The number of hydrogen-bond donors (Lipinski definition) is 5. The van der Waals surface area contributed by atoms with Crippen LogP contribution in [-0.4, -0.2) is 81.7 Å². The van der Waals surface area contributed by atoms with Crippen LogP contribution < -0.4 is 0 Å². The Labute approximate surface area is 103 Å². The predicted molar refractivity (Wildman–Crippen MR) is 54.9 cm³/mol. The Morgan fingerprint density at radius 3 is 2.33 bits per heavy atom. The number of ether oxygens (including phenoxy) is 3. The molecule has 0 aromatic rings. The molecule has 2 rings (SSSR count). The summed E-state index contributed by atoms with van der Waals surface area (Å²) in [7, 11) is 0. The lowest BCUT2D eigenvalue weighted by atomic mass is 10.0. The van der Waals surface area contributed by atoms with E-state index in [2.05, 4.69) is 0 Å². The van der Waals surface area contributed by atoms with Gasteiger partial charge in [-0.2, -0.15) is 0 Å². The lowest BCUT2D eigenvalue weighted by Gasteiger charge is -2.39. The van der Waals surface area contributed by atoms with Crippen molar-refractivity contribution in [1.82, 2.24) is 0 Å². The van der Waals surface area contributed by atoms with Crippen molar-refractivity contribution in [2.24, 2.45) is 0 Å². The van der Waals surface area contributed by atoms with Crippen molar-refractivity contribution in [1.29, 1.82) is 0 Å². The topological polar surface area (TPSA) is 129 Å². The molecule has 0 spiro atoms. The van der Waals surface area contributed by atoms with Crippen LogP contribution in [0.1, 0.15) is 0 Å². The first-order valence-electron chi connectivity index (χ1n) is 5.63. The normalized spacial score (nSPS) is 50.2. The second kappa shape index (κ2) is 5.76. The van der Waals surface area contributed by atoms with Crippen LogP contribution in [0.15, 0.2) is 0 Å². The van der Waals surface area contributed by atoms with Crippen LogP contribution in [-0.2, 0) is 14.2 Å². The van der Waals surface area contributed by atoms with Crippen LogP contribution in [0.2, 0.25) is 0 Å². The van der Waals surface area contributed by atoms with Gasteiger partial charge in [-0.15, -0.1) is 0 Å². The Morgan fingerprint density at radius 2 is 1.67 bits per heavy atom. The van der Waals surface area contributed by atoms with E-state index in [0.717, 1.165) is 6.61 Å². The maximum absolute atomic E-state index is 9.65. The molecule has 18 heavy (non-hydrogen) atoms. The Kier molecular flexibility index (Phi) is 4.51. The molecule has 2 fully saturated rings. The summed E-state index contributed by atoms with van der Waals surface area (Å²) in [5.74, 6) is 0. The van der Waals surface area contributed by atoms with Gasteiger partial charge in [0, 0.05) is 0 Å². The van der Waals surface area contributed by atoms with Crippen molar-refractivity contribution >= 4 is 0 Å². The van der Waals surface area contributed by atoms with Crippen molar-refractivity contribution in [3.05, 3.63) is 6.61 Å². The van der Waals surface area contributed by atoms with Gasteiger partial charge in [0.05, 0.1) is 13.2 Å². The van der Waals surface area contributed by atoms with Gasteiger partial charge in [0.15, 0.2) is 6.29 Å². The summed E-state index contributed by atoms with van der Waals surface area (Å²) in [6, 6.07) is 0. The summed E-state index contributed by atoms with van der Waals surface area (Å²) in [4.78, 5) is 0. The highest BCUT2D eigenvalue weighted by Gasteiger charge is 2.42. The lowest BCUT2D eigenvalue weighted by Crippen LogP contribution is -2.57. The minimum atomic E-state index is -1.46. The molecule has 2 saturated heterocycles. The van der Waals surface area contributed by atoms with Gasteiger partial charge in [-0.3, -0.25) is 0 Å². The molecule has 8 nitrogen and oxygen atoms in total. The van der Waals surface area contributed by atoms with E-state index in [9.17, 15) is 25.5 Å². The van der Waals surface area contributed by atoms with E-state index in [0.29, 0.717) is 0 Å². The summed E-state index contributed by atoms with van der Waals surface area (Å²) in [6.45, 7) is 0.857. The van der Waals surface area contributed by atoms with E-state index in [-0.39, 0.29) is 13.2 Å².